The van der Waals surface area contributed by atoms with Crippen molar-refractivity contribution in [3.8, 4) is 23.3 Å². The second-order valence-electron chi connectivity index (χ2n) is 7.76. The maximum atomic E-state index is 12.9. The van der Waals surface area contributed by atoms with Gasteiger partial charge in [0, 0.05) is 17.4 Å². The predicted molar refractivity (Wildman–Crippen MR) is 147 cm³/mol. The van der Waals surface area contributed by atoms with Crippen molar-refractivity contribution in [1.82, 2.24) is 9.97 Å². The van der Waals surface area contributed by atoms with Crippen LogP contribution in [0.1, 0.15) is 18.1 Å². The number of rotatable bonds is 8. The van der Waals surface area contributed by atoms with Gasteiger partial charge in [0.25, 0.3) is 10.0 Å². The number of nitriles is 2. The lowest BCUT2D eigenvalue weighted by Crippen LogP contribution is -2.23. The summed E-state index contributed by atoms with van der Waals surface area (Å²) in [4.78, 5) is 21.1. The highest BCUT2D eigenvalue weighted by atomic mass is 32.2. The number of nitrogens with two attached hydrogens (primary N) is 1. The molecule has 1 atom stereocenters. The van der Waals surface area contributed by atoms with Crippen LogP contribution in [0.25, 0.3) is 11.1 Å². The predicted octanol–water partition coefficient (Wildman–Crippen LogP) is 4.45. The fraction of sp³-hybridized carbons (Fsp3) is 0.0800. The van der Waals surface area contributed by atoms with Gasteiger partial charge in [0.2, 0.25) is 5.91 Å². The van der Waals surface area contributed by atoms with Crippen molar-refractivity contribution in [2.24, 2.45) is 0 Å². The lowest BCUT2D eigenvalue weighted by molar-refractivity contribution is -0.115. The van der Waals surface area contributed by atoms with Crippen LogP contribution in [0, 0.1) is 22.7 Å². The molecule has 0 aliphatic carbocycles. The van der Waals surface area contributed by atoms with Crippen LogP contribution < -0.4 is 15.8 Å². The summed E-state index contributed by atoms with van der Waals surface area (Å²) in [6, 6.07) is 16.4. The number of hydrogen-bond acceptors (Lipinski definition) is 10. The number of thioether (sulfide) groups is 1. The fourth-order valence-corrected chi connectivity index (χ4v) is 5.95. The number of anilines is 3. The Labute approximate surface area is 227 Å². The molecule has 3 heterocycles. The Kier molecular flexibility index (Phi) is 7.93. The summed E-state index contributed by atoms with van der Waals surface area (Å²) >= 11 is 2.44. The molecule has 4 N–H and O–H groups in total. The first-order valence-corrected chi connectivity index (χ1v) is 14.2. The highest BCUT2D eigenvalue weighted by molar-refractivity contribution is 8.00. The first kappa shape index (κ1) is 26.6. The molecular weight excluding hydrogens is 543 g/mol. The zero-order valence-corrected chi connectivity index (χ0v) is 22.2. The minimum absolute atomic E-state index is 0.000421. The van der Waals surface area contributed by atoms with Crippen molar-refractivity contribution in [1.29, 1.82) is 10.5 Å². The third-order valence-electron chi connectivity index (χ3n) is 5.22. The molecule has 0 spiro atoms. The number of benzene rings is 1. The average molecular weight is 562 g/mol. The fourth-order valence-electron chi connectivity index (χ4n) is 3.38. The number of amides is 1. The van der Waals surface area contributed by atoms with Crippen LogP contribution in [0.2, 0.25) is 0 Å². The van der Waals surface area contributed by atoms with Gasteiger partial charge in [-0.25, -0.2) is 18.4 Å². The Balaban J connectivity index is 1.50. The number of pyridine rings is 2. The number of nitrogens with one attached hydrogen (secondary N) is 2. The Morgan fingerprint density at radius 3 is 2.45 bits per heavy atom. The summed E-state index contributed by atoms with van der Waals surface area (Å²) in [6.45, 7) is 1.64. The van der Waals surface area contributed by atoms with Crippen molar-refractivity contribution >= 4 is 56.4 Å². The summed E-state index contributed by atoms with van der Waals surface area (Å²) in [5, 5.41) is 25.3. The number of sulfonamides is 1. The van der Waals surface area contributed by atoms with Crippen LogP contribution in [0.3, 0.4) is 0 Å². The van der Waals surface area contributed by atoms with E-state index in [-0.39, 0.29) is 32.7 Å². The van der Waals surface area contributed by atoms with Crippen LogP contribution in [-0.4, -0.2) is 29.5 Å². The Morgan fingerprint density at radius 2 is 1.84 bits per heavy atom. The molecule has 38 heavy (non-hydrogen) atoms. The van der Waals surface area contributed by atoms with Gasteiger partial charge in [0.15, 0.2) is 0 Å². The monoisotopic (exact) mass is 561 g/mol. The Bertz CT molecular complexity index is 1660. The van der Waals surface area contributed by atoms with E-state index in [1.807, 2.05) is 11.4 Å². The average Bonchev–Trinajstić information content (AvgIpc) is 3.43. The lowest BCUT2D eigenvalue weighted by Gasteiger charge is -2.15. The summed E-state index contributed by atoms with van der Waals surface area (Å²) in [6.07, 6.45) is 1.47. The van der Waals surface area contributed by atoms with Gasteiger partial charge in [-0.2, -0.15) is 21.9 Å². The first-order valence-electron chi connectivity index (χ1n) is 10.9. The Morgan fingerprint density at radius 1 is 1.11 bits per heavy atom. The number of aromatic nitrogens is 2. The zero-order valence-electron chi connectivity index (χ0n) is 19.7. The molecule has 4 rings (SSSR count). The van der Waals surface area contributed by atoms with Crippen LogP contribution in [0.4, 0.5) is 17.3 Å². The number of nitrogen functional groups attached to an aromatic ring is 1. The second kappa shape index (κ2) is 11.3. The molecular formula is C25H19N7O3S3. The van der Waals surface area contributed by atoms with E-state index in [0.29, 0.717) is 16.8 Å². The van der Waals surface area contributed by atoms with Crippen LogP contribution in [0.15, 0.2) is 75.4 Å². The number of carbonyl (C=O) groups excluding carboxylic acids is 1. The van der Waals surface area contributed by atoms with Crippen molar-refractivity contribution in [3.05, 3.63) is 76.6 Å². The third-order valence-corrected chi connectivity index (χ3v) is 8.36. The minimum atomic E-state index is -3.86. The highest BCUT2D eigenvalue weighted by Crippen LogP contribution is 2.37. The van der Waals surface area contributed by atoms with Crippen molar-refractivity contribution in [3.63, 3.8) is 0 Å². The highest BCUT2D eigenvalue weighted by Gasteiger charge is 2.24. The van der Waals surface area contributed by atoms with Crippen LogP contribution in [-0.2, 0) is 14.8 Å². The molecule has 0 aliphatic rings. The molecule has 4 aromatic rings. The maximum absolute atomic E-state index is 12.9. The van der Waals surface area contributed by atoms with E-state index in [0.717, 1.165) is 11.8 Å². The van der Waals surface area contributed by atoms with E-state index in [1.165, 1.54) is 47.9 Å². The van der Waals surface area contributed by atoms with Crippen molar-refractivity contribution in [2.75, 3.05) is 15.8 Å². The summed E-state index contributed by atoms with van der Waals surface area (Å²) in [5.74, 6) is -0.242. The number of carbonyl (C=O) groups is 1. The van der Waals surface area contributed by atoms with Crippen molar-refractivity contribution < 1.29 is 13.2 Å². The van der Waals surface area contributed by atoms with Gasteiger partial charge >= 0.3 is 0 Å². The first-order chi connectivity index (χ1) is 18.2. The molecule has 1 aromatic carbocycles. The van der Waals surface area contributed by atoms with Crippen LogP contribution in [0.5, 0.6) is 0 Å². The molecule has 13 heteroatoms. The molecule has 190 valence electrons. The van der Waals surface area contributed by atoms with Gasteiger partial charge in [-0.3, -0.25) is 9.52 Å². The molecule has 0 saturated heterocycles. The molecule has 0 fully saturated rings. The Hall–Kier alpha value is -4.43. The standard InChI is InChI=1S/C25H19N7O3S3/c1-15(37-25-20(13-27)22(16-9-11-36-14-16)19(12-26)23(28)31-25)24(33)30-17-5-7-18(8-6-17)38(34,35)32-21-4-2-3-10-29-21/h2-11,14-15H,1H3,(H2,28,31)(H,29,32)(H,30,33). The quantitative estimate of drug-likeness (QED) is 0.262. The molecule has 3 aromatic heterocycles. The van der Waals surface area contributed by atoms with E-state index in [1.54, 1.807) is 30.5 Å². The minimum Gasteiger partial charge on any atom is -0.383 e. The van der Waals surface area contributed by atoms with E-state index < -0.39 is 21.2 Å². The normalized spacial score (nSPS) is 11.7. The number of nitrogens with zero attached hydrogens (tertiary/aromatic N) is 4. The van der Waals surface area contributed by atoms with E-state index in [9.17, 15) is 23.7 Å². The third kappa shape index (κ3) is 5.76. The molecule has 0 radical (unpaired) electrons. The summed E-state index contributed by atoms with van der Waals surface area (Å²) < 4.78 is 27.6. The van der Waals surface area contributed by atoms with E-state index in [4.69, 9.17) is 5.73 Å². The topological polar surface area (TPSA) is 175 Å². The summed E-state index contributed by atoms with van der Waals surface area (Å²) in [7, 11) is -3.86. The molecule has 1 unspecified atom stereocenters. The molecule has 10 nitrogen and oxygen atoms in total. The molecule has 1 amide bonds. The van der Waals surface area contributed by atoms with Crippen LogP contribution >= 0.6 is 23.1 Å². The lowest BCUT2D eigenvalue weighted by atomic mass is 9.99. The zero-order chi connectivity index (χ0) is 27.3. The maximum Gasteiger partial charge on any atom is 0.263 e. The number of hydrogen-bond donors (Lipinski definition) is 3. The molecule has 0 saturated carbocycles. The SMILES string of the molecule is CC(Sc1nc(N)c(C#N)c(-c2ccsc2)c1C#N)C(=O)Nc1ccc(S(=O)(=O)Nc2ccccn2)cc1. The molecule has 0 bridgehead atoms. The van der Waals surface area contributed by atoms with Gasteiger partial charge in [-0.15, -0.1) is 0 Å². The second-order valence-corrected chi connectivity index (χ2v) is 11.5. The largest absolute Gasteiger partial charge is 0.383 e. The molecule has 0 aliphatic heterocycles. The van der Waals surface area contributed by atoms with E-state index in [2.05, 4.69) is 26.1 Å². The van der Waals surface area contributed by atoms with Gasteiger partial charge in [0.05, 0.1) is 15.7 Å². The van der Waals surface area contributed by atoms with Crippen molar-refractivity contribution in [2.45, 2.75) is 22.1 Å². The summed E-state index contributed by atoms with van der Waals surface area (Å²) in [5.41, 5.74) is 7.73. The van der Waals surface area contributed by atoms with Gasteiger partial charge < -0.3 is 11.1 Å². The van der Waals surface area contributed by atoms with Gasteiger partial charge in [-0.05, 0) is 65.7 Å². The van der Waals surface area contributed by atoms with E-state index >= 15 is 0 Å². The van der Waals surface area contributed by atoms with Gasteiger partial charge in [0.1, 0.15) is 34.4 Å². The number of thiophene rings is 1. The van der Waals surface area contributed by atoms with Gasteiger partial charge in [-0.1, -0.05) is 17.8 Å². The smallest absolute Gasteiger partial charge is 0.263 e.